The van der Waals surface area contributed by atoms with Gasteiger partial charge in [-0.2, -0.15) is 4.73 Å². The standard InChI is InChI=1S/C24H23NO3/c1-15(2)17-6-11-21(12-7-17)28-25-23-13-10-20(27)14-22(23)16(3)24(25)18-4-8-19(26)9-5-18/h4-15,26-27H,1-3H3. The van der Waals surface area contributed by atoms with Crippen molar-refractivity contribution in [3.63, 3.8) is 0 Å². The number of hydrogen-bond donors (Lipinski definition) is 2. The molecule has 1 aromatic heterocycles. The third-order valence-electron chi connectivity index (χ3n) is 5.05. The van der Waals surface area contributed by atoms with E-state index in [0.29, 0.717) is 5.92 Å². The Hall–Kier alpha value is -3.40. The lowest BCUT2D eigenvalue weighted by Gasteiger charge is -2.14. The summed E-state index contributed by atoms with van der Waals surface area (Å²) >= 11 is 0. The first-order valence-electron chi connectivity index (χ1n) is 9.36. The van der Waals surface area contributed by atoms with Crippen molar-refractivity contribution in [2.24, 2.45) is 0 Å². The summed E-state index contributed by atoms with van der Waals surface area (Å²) in [6, 6.07) is 20.4. The lowest BCUT2D eigenvalue weighted by molar-refractivity contribution is 0.233. The lowest BCUT2D eigenvalue weighted by atomic mass is 10.0. The average Bonchev–Trinajstić information content (AvgIpc) is 2.94. The number of benzene rings is 3. The molecular weight excluding hydrogens is 350 g/mol. The minimum atomic E-state index is 0.214. The molecule has 4 nitrogen and oxygen atoms in total. The summed E-state index contributed by atoms with van der Waals surface area (Å²) in [5.74, 6) is 1.62. The molecule has 0 saturated heterocycles. The molecule has 4 aromatic rings. The van der Waals surface area contributed by atoms with E-state index in [9.17, 15) is 10.2 Å². The van der Waals surface area contributed by atoms with Gasteiger partial charge in [0, 0.05) is 10.9 Å². The van der Waals surface area contributed by atoms with Crippen LogP contribution in [-0.2, 0) is 0 Å². The maximum atomic E-state index is 9.95. The molecule has 1 heterocycles. The van der Waals surface area contributed by atoms with Gasteiger partial charge in [-0.1, -0.05) is 26.0 Å². The minimum absolute atomic E-state index is 0.214. The van der Waals surface area contributed by atoms with Crippen LogP contribution < -0.4 is 4.84 Å². The van der Waals surface area contributed by atoms with E-state index in [1.807, 2.05) is 37.3 Å². The zero-order valence-electron chi connectivity index (χ0n) is 16.2. The number of phenolic OH excluding ortho intramolecular Hbond substituents is 2. The van der Waals surface area contributed by atoms with Crippen LogP contribution in [0.4, 0.5) is 0 Å². The highest BCUT2D eigenvalue weighted by Gasteiger charge is 2.18. The number of fused-ring (bicyclic) bond motifs is 1. The van der Waals surface area contributed by atoms with E-state index >= 15 is 0 Å². The number of nitrogens with zero attached hydrogens (tertiary/aromatic N) is 1. The molecule has 142 valence electrons. The van der Waals surface area contributed by atoms with Gasteiger partial charge in [-0.05, 0) is 78.6 Å². The Labute approximate surface area is 164 Å². The summed E-state index contributed by atoms with van der Waals surface area (Å²) in [5, 5.41) is 20.5. The van der Waals surface area contributed by atoms with Crippen LogP contribution in [0.5, 0.6) is 17.2 Å². The molecule has 2 N–H and O–H groups in total. The molecule has 0 aliphatic heterocycles. The van der Waals surface area contributed by atoms with Crippen LogP contribution in [0.15, 0.2) is 66.7 Å². The van der Waals surface area contributed by atoms with Gasteiger partial charge in [0.2, 0.25) is 0 Å². The number of phenols is 2. The number of rotatable bonds is 4. The van der Waals surface area contributed by atoms with Gasteiger partial charge in [-0.15, -0.1) is 0 Å². The molecule has 0 aliphatic carbocycles. The van der Waals surface area contributed by atoms with Crippen molar-refractivity contribution in [3.8, 4) is 28.5 Å². The monoisotopic (exact) mass is 373 g/mol. The normalized spacial score (nSPS) is 11.3. The Morgan fingerprint density at radius 3 is 2.11 bits per heavy atom. The van der Waals surface area contributed by atoms with Crippen molar-refractivity contribution in [2.45, 2.75) is 26.7 Å². The molecule has 0 atom stereocenters. The van der Waals surface area contributed by atoms with E-state index in [2.05, 4.69) is 26.0 Å². The molecule has 0 amide bonds. The Kier molecular flexibility index (Phi) is 4.47. The molecule has 4 heteroatoms. The number of aromatic hydroxyl groups is 2. The molecule has 0 saturated carbocycles. The molecule has 0 spiro atoms. The SMILES string of the molecule is Cc1c(-c2ccc(O)cc2)n(Oc2ccc(C(C)C)cc2)c2ccc(O)cc12. The number of aromatic nitrogens is 1. The molecule has 0 aliphatic rings. The van der Waals surface area contributed by atoms with Gasteiger partial charge < -0.3 is 15.1 Å². The molecule has 28 heavy (non-hydrogen) atoms. The summed E-state index contributed by atoms with van der Waals surface area (Å²) in [4.78, 5) is 6.28. The lowest BCUT2D eigenvalue weighted by Crippen LogP contribution is -2.07. The van der Waals surface area contributed by atoms with E-state index in [-0.39, 0.29) is 11.5 Å². The molecule has 0 unspecified atom stereocenters. The van der Waals surface area contributed by atoms with Crippen LogP contribution in [0, 0.1) is 6.92 Å². The van der Waals surface area contributed by atoms with E-state index < -0.39 is 0 Å². The Morgan fingerprint density at radius 2 is 1.46 bits per heavy atom. The second-order valence-electron chi connectivity index (χ2n) is 7.33. The Morgan fingerprint density at radius 1 is 0.821 bits per heavy atom. The van der Waals surface area contributed by atoms with Crippen molar-refractivity contribution in [1.82, 2.24) is 4.73 Å². The highest BCUT2D eigenvalue weighted by Crippen LogP contribution is 2.36. The zero-order chi connectivity index (χ0) is 19.8. The smallest absolute Gasteiger partial charge is 0.155 e. The van der Waals surface area contributed by atoms with Crippen LogP contribution in [-0.4, -0.2) is 14.9 Å². The van der Waals surface area contributed by atoms with Crippen molar-refractivity contribution in [2.75, 3.05) is 0 Å². The predicted octanol–water partition coefficient (Wildman–Crippen LogP) is 5.99. The maximum absolute atomic E-state index is 9.95. The van der Waals surface area contributed by atoms with E-state index in [1.54, 1.807) is 29.0 Å². The zero-order valence-corrected chi connectivity index (χ0v) is 16.2. The highest BCUT2D eigenvalue weighted by atomic mass is 16.7. The third kappa shape index (κ3) is 3.18. The van der Waals surface area contributed by atoms with E-state index in [4.69, 9.17) is 4.84 Å². The average molecular weight is 373 g/mol. The van der Waals surface area contributed by atoms with Gasteiger partial charge in [0.25, 0.3) is 0 Å². The van der Waals surface area contributed by atoms with E-state index in [1.165, 1.54) is 5.56 Å². The fourth-order valence-corrected chi connectivity index (χ4v) is 3.47. The first kappa shape index (κ1) is 18.0. The van der Waals surface area contributed by atoms with Crippen LogP contribution in [0.1, 0.15) is 30.9 Å². The minimum Gasteiger partial charge on any atom is -0.508 e. The van der Waals surface area contributed by atoms with Gasteiger partial charge in [0.15, 0.2) is 5.75 Å². The quantitative estimate of drug-likeness (QED) is 0.462. The first-order valence-corrected chi connectivity index (χ1v) is 9.36. The fraction of sp³-hybridized carbons (Fsp3) is 0.167. The van der Waals surface area contributed by atoms with E-state index in [0.717, 1.165) is 33.5 Å². The van der Waals surface area contributed by atoms with Gasteiger partial charge in [-0.3, -0.25) is 0 Å². The van der Waals surface area contributed by atoms with Crippen molar-refractivity contribution >= 4 is 10.9 Å². The summed E-state index contributed by atoms with van der Waals surface area (Å²) in [6.07, 6.45) is 0. The van der Waals surface area contributed by atoms with Gasteiger partial charge in [0.05, 0.1) is 11.2 Å². The molecule has 0 bridgehead atoms. The largest absolute Gasteiger partial charge is 0.508 e. The van der Waals surface area contributed by atoms with Crippen molar-refractivity contribution in [1.29, 1.82) is 0 Å². The third-order valence-corrected chi connectivity index (χ3v) is 5.05. The molecule has 3 aromatic carbocycles. The number of hydrogen-bond acceptors (Lipinski definition) is 3. The van der Waals surface area contributed by atoms with Crippen LogP contribution in [0.2, 0.25) is 0 Å². The van der Waals surface area contributed by atoms with Crippen molar-refractivity contribution < 1.29 is 15.1 Å². The molecule has 0 radical (unpaired) electrons. The Bertz CT molecular complexity index is 1120. The van der Waals surface area contributed by atoms with Crippen molar-refractivity contribution in [3.05, 3.63) is 77.9 Å². The van der Waals surface area contributed by atoms with Gasteiger partial charge in [-0.25, -0.2) is 0 Å². The highest BCUT2D eigenvalue weighted by molar-refractivity contribution is 5.92. The molecule has 0 fully saturated rings. The summed E-state index contributed by atoms with van der Waals surface area (Å²) < 4.78 is 1.79. The summed E-state index contributed by atoms with van der Waals surface area (Å²) in [7, 11) is 0. The second kappa shape index (κ2) is 6.97. The number of aryl methyl sites for hydroxylation is 1. The maximum Gasteiger partial charge on any atom is 0.155 e. The van der Waals surface area contributed by atoms with Crippen LogP contribution in [0.3, 0.4) is 0 Å². The molecule has 4 rings (SSSR count). The molecular formula is C24H23NO3. The summed E-state index contributed by atoms with van der Waals surface area (Å²) in [6.45, 7) is 6.33. The van der Waals surface area contributed by atoms with Gasteiger partial charge >= 0.3 is 0 Å². The van der Waals surface area contributed by atoms with Gasteiger partial charge in [0.1, 0.15) is 11.5 Å². The second-order valence-corrected chi connectivity index (χ2v) is 7.33. The van der Waals surface area contributed by atoms with Crippen LogP contribution in [0.25, 0.3) is 22.2 Å². The Balaban J connectivity index is 1.87. The first-order chi connectivity index (χ1) is 13.4. The fourth-order valence-electron chi connectivity index (χ4n) is 3.47. The topological polar surface area (TPSA) is 54.6 Å². The summed E-state index contributed by atoms with van der Waals surface area (Å²) in [5.41, 5.74) is 4.92. The predicted molar refractivity (Wildman–Crippen MR) is 112 cm³/mol. The van der Waals surface area contributed by atoms with Crippen LogP contribution >= 0.6 is 0 Å².